The highest BCUT2D eigenvalue weighted by atomic mass is 16.1. The summed E-state index contributed by atoms with van der Waals surface area (Å²) in [6.45, 7) is 2.25. The second-order valence-electron chi connectivity index (χ2n) is 7.89. The van der Waals surface area contributed by atoms with Crippen molar-refractivity contribution in [2.45, 2.75) is 31.3 Å². The molecule has 5 heteroatoms. The standard InChI is InChI=1S/C23H24N4O/c28-23(19-7-1-5-17-6-3-11-25-21(17)19)26-22-18-8-12-27(13-9-18)20(22)14-16-4-2-10-24-15-16/h1-7,10-11,15,18,20,22H,8-9,12-14H2,(H,26,28)/t20-,22+/m0/s1. The molecule has 2 atom stereocenters. The molecule has 28 heavy (non-hydrogen) atoms. The highest BCUT2D eigenvalue weighted by Gasteiger charge is 2.42. The van der Waals surface area contributed by atoms with Crippen LogP contribution in [0.15, 0.2) is 61.1 Å². The topological polar surface area (TPSA) is 58.1 Å². The van der Waals surface area contributed by atoms with E-state index in [-0.39, 0.29) is 11.9 Å². The van der Waals surface area contributed by atoms with Gasteiger partial charge >= 0.3 is 0 Å². The number of pyridine rings is 2. The van der Waals surface area contributed by atoms with E-state index in [1.54, 1.807) is 6.20 Å². The summed E-state index contributed by atoms with van der Waals surface area (Å²) in [5, 5.41) is 4.38. The van der Waals surface area contributed by atoms with Gasteiger partial charge < -0.3 is 5.32 Å². The Kier molecular flexibility index (Phi) is 4.53. The Bertz CT molecular complexity index is 977. The van der Waals surface area contributed by atoms with Gasteiger partial charge in [-0.3, -0.25) is 19.7 Å². The minimum absolute atomic E-state index is 0.0146. The Morgan fingerprint density at radius 2 is 1.89 bits per heavy atom. The molecule has 3 fully saturated rings. The number of nitrogens with one attached hydrogen (secondary N) is 1. The Hall–Kier alpha value is -2.79. The number of hydrogen-bond donors (Lipinski definition) is 1. The SMILES string of the molecule is O=C(N[C@@H]1C2CCN(CC2)[C@H]1Cc1cccnc1)c1cccc2cccnc12. The van der Waals surface area contributed by atoms with Crippen molar-refractivity contribution >= 4 is 16.8 Å². The summed E-state index contributed by atoms with van der Waals surface area (Å²) in [4.78, 5) is 24.5. The first kappa shape index (κ1) is 17.3. The molecule has 6 rings (SSSR count). The average Bonchev–Trinajstić information content (AvgIpc) is 2.76. The van der Waals surface area contributed by atoms with E-state index in [4.69, 9.17) is 0 Å². The van der Waals surface area contributed by atoms with Crippen LogP contribution in [-0.4, -0.2) is 45.9 Å². The Labute approximate surface area is 164 Å². The van der Waals surface area contributed by atoms with Crippen LogP contribution in [-0.2, 0) is 6.42 Å². The quantitative estimate of drug-likeness (QED) is 0.765. The van der Waals surface area contributed by atoms with E-state index in [0.717, 1.165) is 43.3 Å². The fourth-order valence-electron chi connectivity index (χ4n) is 4.90. The molecule has 0 unspecified atom stereocenters. The molecule has 5 nitrogen and oxygen atoms in total. The van der Waals surface area contributed by atoms with Crippen molar-refractivity contribution in [2.24, 2.45) is 5.92 Å². The number of fused-ring (bicyclic) bond motifs is 4. The number of benzene rings is 1. The van der Waals surface area contributed by atoms with E-state index in [1.807, 2.05) is 48.8 Å². The fourth-order valence-corrected chi connectivity index (χ4v) is 4.90. The van der Waals surface area contributed by atoms with Gasteiger partial charge in [-0.2, -0.15) is 0 Å². The van der Waals surface area contributed by atoms with Crippen LogP contribution < -0.4 is 5.32 Å². The smallest absolute Gasteiger partial charge is 0.253 e. The van der Waals surface area contributed by atoms with Crippen molar-refractivity contribution in [1.82, 2.24) is 20.2 Å². The summed E-state index contributed by atoms with van der Waals surface area (Å²) in [6.07, 6.45) is 8.73. The monoisotopic (exact) mass is 372 g/mol. The molecule has 0 aliphatic carbocycles. The maximum absolute atomic E-state index is 13.2. The Morgan fingerprint density at radius 1 is 1.07 bits per heavy atom. The lowest BCUT2D eigenvalue weighted by Crippen LogP contribution is -2.64. The first-order valence-electron chi connectivity index (χ1n) is 10.1. The maximum atomic E-state index is 13.2. The molecular formula is C23H24N4O. The summed E-state index contributed by atoms with van der Waals surface area (Å²) in [5.41, 5.74) is 2.66. The van der Waals surface area contributed by atoms with E-state index in [9.17, 15) is 4.79 Å². The van der Waals surface area contributed by atoms with Crippen LogP contribution in [0.1, 0.15) is 28.8 Å². The van der Waals surface area contributed by atoms with Gasteiger partial charge in [0.1, 0.15) is 0 Å². The molecule has 0 radical (unpaired) electrons. The summed E-state index contributed by atoms with van der Waals surface area (Å²) < 4.78 is 0. The minimum atomic E-state index is -0.0146. The molecule has 2 aromatic heterocycles. The predicted octanol–water partition coefficient (Wildman–Crippen LogP) is 3.07. The summed E-state index contributed by atoms with van der Waals surface area (Å²) >= 11 is 0. The number of piperidine rings is 3. The molecule has 3 aromatic rings. The number of hydrogen-bond acceptors (Lipinski definition) is 4. The molecule has 1 amide bonds. The lowest BCUT2D eigenvalue weighted by molar-refractivity contribution is 0.0136. The van der Waals surface area contributed by atoms with Crippen molar-refractivity contribution in [1.29, 1.82) is 0 Å². The summed E-state index contributed by atoms with van der Waals surface area (Å²) in [5.74, 6) is 0.526. The van der Waals surface area contributed by atoms with E-state index in [1.165, 1.54) is 5.56 Å². The van der Waals surface area contributed by atoms with Crippen LogP contribution in [0.4, 0.5) is 0 Å². The largest absolute Gasteiger partial charge is 0.347 e. The lowest BCUT2D eigenvalue weighted by atomic mass is 9.76. The number of rotatable bonds is 4. The minimum Gasteiger partial charge on any atom is -0.347 e. The van der Waals surface area contributed by atoms with Gasteiger partial charge in [0, 0.05) is 36.1 Å². The highest BCUT2D eigenvalue weighted by molar-refractivity contribution is 6.05. The third-order valence-electron chi connectivity index (χ3n) is 6.31. The number of aromatic nitrogens is 2. The molecule has 2 bridgehead atoms. The molecule has 3 aliphatic rings. The number of para-hydroxylation sites is 1. The Morgan fingerprint density at radius 3 is 2.71 bits per heavy atom. The first-order chi connectivity index (χ1) is 13.8. The molecule has 1 aromatic carbocycles. The number of amides is 1. The van der Waals surface area contributed by atoms with E-state index in [2.05, 4.69) is 26.3 Å². The molecule has 1 N–H and O–H groups in total. The number of carbonyl (C=O) groups excluding carboxylic acids is 1. The maximum Gasteiger partial charge on any atom is 0.253 e. The van der Waals surface area contributed by atoms with Crippen molar-refractivity contribution in [3.8, 4) is 0 Å². The number of nitrogens with zero attached hydrogens (tertiary/aromatic N) is 3. The number of carbonyl (C=O) groups is 1. The zero-order valence-corrected chi connectivity index (χ0v) is 15.8. The van der Waals surface area contributed by atoms with Crippen molar-refractivity contribution < 1.29 is 4.79 Å². The van der Waals surface area contributed by atoms with E-state index >= 15 is 0 Å². The fraction of sp³-hybridized carbons (Fsp3) is 0.348. The van der Waals surface area contributed by atoms with E-state index < -0.39 is 0 Å². The van der Waals surface area contributed by atoms with Crippen LogP contribution in [0, 0.1) is 5.92 Å². The third-order valence-corrected chi connectivity index (χ3v) is 6.31. The predicted molar refractivity (Wildman–Crippen MR) is 109 cm³/mol. The zero-order chi connectivity index (χ0) is 18.9. The van der Waals surface area contributed by atoms with Gasteiger partial charge in [-0.1, -0.05) is 24.3 Å². The normalized spacial score (nSPS) is 26.3. The van der Waals surface area contributed by atoms with Gasteiger partial charge in [0.05, 0.1) is 11.1 Å². The molecule has 0 saturated carbocycles. The van der Waals surface area contributed by atoms with E-state index in [0.29, 0.717) is 17.5 Å². The molecule has 142 valence electrons. The van der Waals surface area contributed by atoms with Crippen LogP contribution in [0.5, 0.6) is 0 Å². The Balaban J connectivity index is 1.42. The second-order valence-corrected chi connectivity index (χ2v) is 7.89. The molecular weight excluding hydrogens is 348 g/mol. The lowest BCUT2D eigenvalue weighted by Gasteiger charge is -2.51. The summed E-state index contributed by atoms with van der Waals surface area (Å²) in [7, 11) is 0. The zero-order valence-electron chi connectivity index (χ0n) is 15.8. The van der Waals surface area contributed by atoms with Crippen molar-refractivity contribution in [2.75, 3.05) is 13.1 Å². The third kappa shape index (κ3) is 3.16. The first-order valence-corrected chi connectivity index (χ1v) is 10.1. The average molecular weight is 372 g/mol. The van der Waals surface area contributed by atoms with Gasteiger partial charge in [-0.05, 0) is 62.0 Å². The van der Waals surface area contributed by atoms with Crippen molar-refractivity contribution in [3.63, 3.8) is 0 Å². The van der Waals surface area contributed by atoms with Gasteiger partial charge in [-0.15, -0.1) is 0 Å². The van der Waals surface area contributed by atoms with Gasteiger partial charge in [0.2, 0.25) is 0 Å². The molecule has 0 spiro atoms. The highest BCUT2D eigenvalue weighted by Crippen LogP contribution is 2.34. The molecule has 3 aliphatic heterocycles. The van der Waals surface area contributed by atoms with Crippen LogP contribution in [0.2, 0.25) is 0 Å². The van der Waals surface area contributed by atoms with Gasteiger partial charge in [-0.25, -0.2) is 0 Å². The second kappa shape index (κ2) is 7.32. The van der Waals surface area contributed by atoms with Crippen LogP contribution in [0.3, 0.4) is 0 Å². The molecule has 3 saturated heterocycles. The summed E-state index contributed by atoms with van der Waals surface area (Å²) in [6, 6.07) is 14.3. The molecule has 5 heterocycles. The van der Waals surface area contributed by atoms with Crippen LogP contribution >= 0.6 is 0 Å². The van der Waals surface area contributed by atoms with Crippen molar-refractivity contribution in [3.05, 3.63) is 72.2 Å². The van der Waals surface area contributed by atoms with Gasteiger partial charge in [0.15, 0.2) is 0 Å². The van der Waals surface area contributed by atoms with Gasteiger partial charge in [0.25, 0.3) is 5.91 Å². The van der Waals surface area contributed by atoms with Crippen LogP contribution in [0.25, 0.3) is 10.9 Å².